The van der Waals surface area contributed by atoms with E-state index in [1.807, 2.05) is 92.7 Å². The monoisotopic (exact) mass is 411 g/mol. The molecule has 0 aromatic heterocycles. The molecule has 0 aliphatic carbocycles. The molecule has 0 aliphatic rings. The molecule has 0 atom stereocenters. The molecule has 0 spiro atoms. The maximum Gasteiger partial charge on any atom is 0.255 e. The third-order valence-corrected chi connectivity index (χ3v) is 5.14. The summed E-state index contributed by atoms with van der Waals surface area (Å²) in [5.74, 6) is 1.37. The third kappa shape index (κ3) is 4.69. The molecule has 0 fully saturated rings. The number of fused-ring (bicyclic) bond motifs is 1. The molecule has 1 amide bonds. The van der Waals surface area contributed by atoms with Crippen LogP contribution in [-0.4, -0.2) is 12.5 Å². The van der Waals surface area contributed by atoms with Crippen LogP contribution in [0.25, 0.3) is 10.8 Å². The number of ether oxygens (including phenoxy) is 2. The van der Waals surface area contributed by atoms with E-state index in [9.17, 15) is 4.79 Å². The highest BCUT2D eigenvalue weighted by Gasteiger charge is 2.13. The average Bonchev–Trinajstić information content (AvgIpc) is 2.79. The Bertz CT molecular complexity index is 1210. The van der Waals surface area contributed by atoms with Gasteiger partial charge in [-0.2, -0.15) is 0 Å². The van der Waals surface area contributed by atoms with Crippen LogP contribution in [0.2, 0.25) is 0 Å². The number of anilines is 1. The van der Waals surface area contributed by atoms with Gasteiger partial charge < -0.3 is 14.8 Å². The molecule has 4 aromatic carbocycles. The Labute approximate surface area is 182 Å². The number of aryl methyl sites for hydroxylation is 1. The summed E-state index contributed by atoms with van der Waals surface area (Å²) >= 11 is 0. The van der Waals surface area contributed by atoms with Gasteiger partial charge in [-0.05, 0) is 55.1 Å². The molecule has 0 radical (unpaired) electrons. The van der Waals surface area contributed by atoms with E-state index in [0.717, 1.165) is 39.1 Å². The fourth-order valence-electron chi connectivity index (χ4n) is 3.53. The van der Waals surface area contributed by atoms with E-state index < -0.39 is 0 Å². The SMILES string of the molecule is CCOc1ccc(C(=O)Nc2cccc3ccccc23)cc1COc1ccccc1C. The Morgan fingerprint density at radius 2 is 1.61 bits per heavy atom. The smallest absolute Gasteiger partial charge is 0.255 e. The van der Waals surface area contributed by atoms with Crippen LogP contribution in [0.1, 0.15) is 28.4 Å². The number of benzene rings is 4. The maximum atomic E-state index is 13.0. The number of hydrogen-bond acceptors (Lipinski definition) is 3. The minimum absolute atomic E-state index is 0.170. The molecule has 4 heteroatoms. The van der Waals surface area contributed by atoms with Crippen LogP contribution in [0.15, 0.2) is 84.9 Å². The zero-order valence-corrected chi connectivity index (χ0v) is 17.7. The second-order valence-corrected chi connectivity index (χ2v) is 7.29. The van der Waals surface area contributed by atoms with Crippen LogP contribution in [0.4, 0.5) is 5.69 Å². The van der Waals surface area contributed by atoms with Crippen molar-refractivity contribution in [2.75, 3.05) is 11.9 Å². The van der Waals surface area contributed by atoms with Crippen molar-refractivity contribution in [2.24, 2.45) is 0 Å². The van der Waals surface area contributed by atoms with Gasteiger partial charge in [-0.1, -0.05) is 54.6 Å². The van der Waals surface area contributed by atoms with Crippen LogP contribution < -0.4 is 14.8 Å². The summed E-state index contributed by atoms with van der Waals surface area (Å²) in [5.41, 5.74) is 3.23. The number of carbonyl (C=O) groups is 1. The highest BCUT2D eigenvalue weighted by atomic mass is 16.5. The lowest BCUT2D eigenvalue weighted by atomic mass is 10.1. The first-order valence-corrected chi connectivity index (χ1v) is 10.4. The van der Waals surface area contributed by atoms with E-state index >= 15 is 0 Å². The van der Waals surface area contributed by atoms with E-state index in [-0.39, 0.29) is 5.91 Å². The molecule has 1 N–H and O–H groups in total. The van der Waals surface area contributed by atoms with Crippen LogP contribution in [0, 0.1) is 6.92 Å². The first-order chi connectivity index (χ1) is 15.2. The number of carbonyl (C=O) groups excluding carboxylic acids is 1. The lowest BCUT2D eigenvalue weighted by Crippen LogP contribution is -2.13. The molecule has 4 nitrogen and oxygen atoms in total. The van der Waals surface area contributed by atoms with Crippen LogP contribution in [0.3, 0.4) is 0 Å². The Kier molecular flexibility index (Phi) is 6.18. The van der Waals surface area contributed by atoms with Crippen molar-refractivity contribution in [1.29, 1.82) is 0 Å². The standard InChI is InChI=1S/C27H25NO3/c1-3-30-26-16-15-21(17-22(26)18-31-25-14-7-4-9-19(25)2)27(29)28-24-13-8-11-20-10-5-6-12-23(20)24/h4-17H,3,18H2,1-2H3,(H,28,29). The second-order valence-electron chi connectivity index (χ2n) is 7.29. The van der Waals surface area contributed by atoms with Gasteiger partial charge in [-0.15, -0.1) is 0 Å². The predicted molar refractivity (Wildman–Crippen MR) is 125 cm³/mol. The third-order valence-electron chi connectivity index (χ3n) is 5.14. The molecular weight excluding hydrogens is 386 g/mol. The number of nitrogens with one attached hydrogen (secondary N) is 1. The number of hydrogen-bond donors (Lipinski definition) is 1. The zero-order valence-electron chi connectivity index (χ0n) is 17.7. The van der Waals surface area contributed by atoms with Gasteiger partial charge in [0.15, 0.2) is 0 Å². The average molecular weight is 412 g/mol. The van der Waals surface area contributed by atoms with Crippen molar-refractivity contribution >= 4 is 22.4 Å². The van der Waals surface area contributed by atoms with E-state index in [1.165, 1.54) is 0 Å². The number of rotatable bonds is 7. The minimum atomic E-state index is -0.170. The summed E-state index contributed by atoms with van der Waals surface area (Å²) < 4.78 is 11.8. The van der Waals surface area contributed by atoms with Gasteiger partial charge in [0.2, 0.25) is 0 Å². The number of amides is 1. The van der Waals surface area contributed by atoms with Gasteiger partial charge >= 0.3 is 0 Å². The maximum absolute atomic E-state index is 13.0. The summed E-state index contributed by atoms with van der Waals surface area (Å²) in [4.78, 5) is 13.0. The molecule has 0 bridgehead atoms. The highest BCUT2D eigenvalue weighted by Crippen LogP contribution is 2.26. The topological polar surface area (TPSA) is 47.6 Å². The van der Waals surface area contributed by atoms with Gasteiger partial charge in [0.05, 0.1) is 6.61 Å². The second kappa shape index (κ2) is 9.35. The Balaban J connectivity index is 1.58. The van der Waals surface area contributed by atoms with Crippen molar-refractivity contribution in [3.8, 4) is 11.5 Å². The van der Waals surface area contributed by atoms with Crippen LogP contribution in [0.5, 0.6) is 11.5 Å². The molecule has 4 aromatic rings. The van der Waals surface area contributed by atoms with E-state index in [2.05, 4.69) is 5.32 Å². The quantitative estimate of drug-likeness (QED) is 0.384. The van der Waals surface area contributed by atoms with E-state index in [1.54, 1.807) is 6.07 Å². The highest BCUT2D eigenvalue weighted by molar-refractivity contribution is 6.09. The normalized spacial score (nSPS) is 10.6. The molecule has 4 rings (SSSR count). The molecular formula is C27H25NO3. The molecule has 0 unspecified atom stereocenters. The number of para-hydroxylation sites is 1. The summed E-state index contributed by atoms with van der Waals surface area (Å²) in [7, 11) is 0. The molecule has 31 heavy (non-hydrogen) atoms. The summed E-state index contributed by atoms with van der Waals surface area (Å²) in [6.07, 6.45) is 0. The summed E-state index contributed by atoms with van der Waals surface area (Å²) in [6.45, 7) is 4.80. The molecule has 0 aliphatic heterocycles. The van der Waals surface area contributed by atoms with E-state index in [0.29, 0.717) is 18.8 Å². The minimum Gasteiger partial charge on any atom is -0.493 e. The largest absolute Gasteiger partial charge is 0.493 e. The Morgan fingerprint density at radius 1 is 0.839 bits per heavy atom. The van der Waals surface area contributed by atoms with Crippen molar-refractivity contribution in [1.82, 2.24) is 0 Å². The fourth-order valence-corrected chi connectivity index (χ4v) is 3.53. The summed E-state index contributed by atoms with van der Waals surface area (Å²) in [5, 5.41) is 5.13. The molecule has 0 saturated heterocycles. The Hall–Kier alpha value is -3.79. The Morgan fingerprint density at radius 3 is 2.45 bits per heavy atom. The lowest BCUT2D eigenvalue weighted by Gasteiger charge is -2.15. The zero-order chi connectivity index (χ0) is 21.6. The van der Waals surface area contributed by atoms with Gasteiger partial charge in [-0.25, -0.2) is 0 Å². The van der Waals surface area contributed by atoms with Crippen molar-refractivity contribution in [3.05, 3.63) is 102 Å². The molecule has 156 valence electrons. The molecule has 0 saturated carbocycles. The van der Waals surface area contributed by atoms with Crippen molar-refractivity contribution in [3.63, 3.8) is 0 Å². The van der Waals surface area contributed by atoms with Gasteiger partial charge in [-0.3, -0.25) is 4.79 Å². The van der Waals surface area contributed by atoms with Crippen LogP contribution >= 0.6 is 0 Å². The van der Waals surface area contributed by atoms with Gasteiger partial charge in [0, 0.05) is 22.2 Å². The fraction of sp³-hybridized carbons (Fsp3) is 0.148. The van der Waals surface area contributed by atoms with Gasteiger partial charge in [0.1, 0.15) is 18.1 Å². The first-order valence-electron chi connectivity index (χ1n) is 10.4. The lowest BCUT2D eigenvalue weighted by molar-refractivity contribution is 0.102. The first kappa shape index (κ1) is 20.5. The predicted octanol–water partition coefficient (Wildman–Crippen LogP) is 6.38. The van der Waals surface area contributed by atoms with Crippen molar-refractivity contribution < 1.29 is 14.3 Å². The van der Waals surface area contributed by atoms with Crippen molar-refractivity contribution in [2.45, 2.75) is 20.5 Å². The van der Waals surface area contributed by atoms with E-state index in [4.69, 9.17) is 9.47 Å². The van der Waals surface area contributed by atoms with Crippen LogP contribution in [-0.2, 0) is 6.61 Å². The summed E-state index contributed by atoms with van der Waals surface area (Å²) in [6, 6.07) is 27.2. The molecule has 0 heterocycles. The van der Waals surface area contributed by atoms with Gasteiger partial charge in [0.25, 0.3) is 5.91 Å².